The number of aliphatic carboxylic acids is 1. The van der Waals surface area contributed by atoms with Crippen LogP contribution in [0.5, 0.6) is 0 Å². The Bertz CT molecular complexity index is 536. The Balaban J connectivity index is 2.71. The molecule has 0 saturated carbocycles. The number of hydrogen-bond donors (Lipinski definition) is 2. The summed E-state index contributed by atoms with van der Waals surface area (Å²) in [6.07, 6.45) is 0. The van der Waals surface area contributed by atoms with Crippen LogP contribution < -0.4 is 5.32 Å². The van der Waals surface area contributed by atoms with Gasteiger partial charge in [0, 0.05) is 23.3 Å². The smallest absolute Gasteiger partial charge is 0.327 e. The molecule has 1 amide bonds. The lowest BCUT2D eigenvalue weighted by atomic mass is 10.1. The summed E-state index contributed by atoms with van der Waals surface area (Å²) in [6, 6.07) is 5.41. The Morgan fingerprint density at radius 3 is 2.38 bits per heavy atom. The van der Waals surface area contributed by atoms with Gasteiger partial charge in [-0.3, -0.25) is 9.00 Å². The highest BCUT2D eigenvalue weighted by atomic mass is 32.2. The van der Waals surface area contributed by atoms with Crippen molar-refractivity contribution in [1.82, 2.24) is 5.32 Å². The van der Waals surface area contributed by atoms with Crippen LogP contribution in [-0.2, 0) is 26.3 Å². The van der Waals surface area contributed by atoms with Crippen LogP contribution in [0.4, 0.5) is 8.78 Å². The van der Waals surface area contributed by atoms with E-state index in [0.29, 0.717) is 0 Å². The first-order valence-corrected chi connectivity index (χ1v) is 7.49. The van der Waals surface area contributed by atoms with Gasteiger partial charge in [-0.15, -0.1) is 0 Å². The number of hydrogen-bond acceptors (Lipinski definition) is 3. The molecule has 2 atom stereocenters. The Labute approximate surface area is 122 Å². The third-order valence-corrected chi connectivity index (χ3v) is 3.96. The van der Waals surface area contributed by atoms with Crippen LogP contribution in [0.2, 0.25) is 0 Å². The second kappa shape index (κ2) is 7.26. The van der Waals surface area contributed by atoms with Crippen molar-refractivity contribution in [3.05, 3.63) is 35.9 Å². The van der Waals surface area contributed by atoms with Crippen molar-refractivity contribution in [2.24, 2.45) is 0 Å². The van der Waals surface area contributed by atoms with E-state index in [9.17, 15) is 22.6 Å². The molecule has 0 radical (unpaired) electrons. The molecule has 0 fully saturated rings. The molecule has 1 rings (SSSR count). The number of amides is 1. The van der Waals surface area contributed by atoms with Crippen LogP contribution in [0.1, 0.15) is 12.5 Å². The monoisotopic (exact) mass is 319 g/mol. The fourth-order valence-corrected chi connectivity index (χ4v) is 2.92. The first-order chi connectivity index (χ1) is 9.72. The number of carboxylic acids is 1. The molecular weight excluding hydrogens is 304 g/mol. The maximum Gasteiger partial charge on any atom is 0.327 e. The van der Waals surface area contributed by atoms with Gasteiger partial charge in [0.15, 0.2) is 0 Å². The number of nitrogens with one attached hydrogen (secondary N) is 1. The van der Waals surface area contributed by atoms with Crippen LogP contribution in [0.25, 0.3) is 0 Å². The molecule has 21 heavy (non-hydrogen) atoms. The Hall–Kier alpha value is -1.83. The molecule has 116 valence electrons. The lowest BCUT2D eigenvalue weighted by Gasteiger charge is -2.18. The molecular formula is C13H15F2NO4S. The van der Waals surface area contributed by atoms with Crippen molar-refractivity contribution in [3.8, 4) is 0 Å². The van der Waals surface area contributed by atoms with E-state index >= 15 is 0 Å². The zero-order valence-electron chi connectivity index (χ0n) is 11.2. The maximum absolute atomic E-state index is 13.9. The fourth-order valence-electron chi connectivity index (χ4n) is 1.63. The highest BCUT2D eigenvalue weighted by Crippen LogP contribution is 2.28. The second-order valence-electron chi connectivity index (χ2n) is 4.41. The van der Waals surface area contributed by atoms with Gasteiger partial charge < -0.3 is 10.4 Å². The predicted octanol–water partition coefficient (Wildman–Crippen LogP) is 1.12. The highest BCUT2D eigenvalue weighted by molar-refractivity contribution is 7.85. The van der Waals surface area contributed by atoms with Gasteiger partial charge >= 0.3 is 5.97 Å². The normalized spacial score (nSPS) is 14.2. The first kappa shape index (κ1) is 17.2. The quantitative estimate of drug-likeness (QED) is 0.789. The second-order valence-corrected chi connectivity index (χ2v) is 5.91. The van der Waals surface area contributed by atoms with E-state index < -0.39 is 46.1 Å². The van der Waals surface area contributed by atoms with E-state index in [4.69, 9.17) is 5.11 Å². The Morgan fingerprint density at radius 2 is 1.90 bits per heavy atom. The standard InChI is InChI=1S/C13H15F2NO4S/c1-9(17)16-11(12(18)19)7-21(20)8-13(14,15)10-5-3-2-4-6-10/h2-6,11H,7-8H2,1H3,(H,16,17)(H,18,19)/t11-,21?/m0/s1. The summed E-state index contributed by atoms with van der Waals surface area (Å²) in [4.78, 5) is 21.7. The molecule has 0 aliphatic carbocycles. The van der Waals surface area contributed by atoms with Crippen LogP contribution in [-0.4, -0.2) is 38.7 Å². The van der Waals surface area contributed by atoms with Crippen LogP contribution in [0.3, 0.4) is 0 Å². The van der Waals surface area contributed by atoms with Gasteiger partial charge in [-0.05, 0) is 0 Å². The van der Waals surface area contributed by atoms with Crippen LogP contribution in [0, 0.1) is 0 Å². The highest BCUT2D eigenvalue weighted by Gasteiger charge is 2.35. The van der Waals surface area contributed by atoms with Gasteiger partial charge in [0.2, 0.25) is 5.91 Å². The molecule has 5 nitrogen and oxygen atoms in total. The van der Waals surface area contributed by atoms with Gasteiger partial charge in [0.1, 0.15) is 6.04 Å². The lowest BCUT2D eigenvalue weighted by molar-refractivity contribution is -0.140. The molecule has 0 saturated heterocycles. The molecule has 0 heterocycles. The van der Waals surface area contributed by atoms with Crippen molar-refractivity contribution in [3.63, 3.8) is 0 Å². The van der Waals surface area contributed by atoms with E-state index in [1.54, 1.807) is 6.07 Å². The minimum Gasteiger partial charge on any atom is -0.480 e. The van der Waals surface area contributed by atoms with E-state index in [-0.39, 0.29) is 5.56 Å². The van der Waals surface area contributed by atoms with E-state index in [1.165, 1.54) is 24.3 Å². The van der Waals surface area contributed by atoms with Crippen LogP contribution in [0.15, 0.2) is 30.3 Å². The minimum atomic E-state index is -3.33. The summed E-state index contributed by atoms with van der Waals surface area (Å²) in [6.45, 7) is 1.09. The molecule has 0 aliphatic heterocycles. The zero-order valence-corrected chi connectivity index (χ0v) is 12.0. The van der Waals surface area contributed by atoms with Gasteiger partial charge in [0.05, 0.1) is 11.5 Å². The summed E-state index contributed by atoms with van der Waals surface area (Å²) in [5.74, 6) is -6.95. The molecule has 2 N–H and O–H groups in total. The van der Waals surface area contributed by atoms with Gasteiger partial charge in [0.25, 0.3) is 5.92 Å². The SMILES string of the molecule is CC(=O)N[C@@H](CS(=O)CC(F)(F)c1ccccc1)C(=O)O. The van der Waals surface area contributed by atoms with Crippen molar-refractivity contribution >= 4 is 22.7 Å². The zero-order chi connectivity index (χ0) is 16.0. The van der Waals surface area contributed by atoms with Crippen molar-refractivity contribution < 1.29 is 27.7 Å². The molecule has 0 aromatic heterocycles. The average Bonchev–Trinajstić information content (AvgIpc) is 2.37. The summed E-state index contributed by atoms with van der Waals surface area (Å²) < 4.78 is 39.5. The number of halogens is 2. The van der Waals surface area contributed by atoms with E-state index in [2.05, 4.69) is 5.32 Å². The summed E-state index contributed by atoms with van der Waals surface area (Å²) in [5.41, 5.74) is -0.287. The van der Waals surface area contributed by atoms with Gasteiger partial charge in [-0.1, -0.05) is 30.3 Å². The minimum absolute atomic E-state index is 0.287. The molecule has 1 unspecified atom stereocenters. The Morgan fingerprint density at radius 1 is 1.33 bits per heavy atom. The number of benzene rings is 1. The number of carboxylic acid groups (broad SMARTS) is 1. The largest absolute Gasteiger partial charge is 0.480 e. The third kappa shape index (κ3) is 5.58. The topological polar surface area (TPSA) is 83.5 Å². The predicted molar refractivity (Wildman–Crippen MR) is 73.5 cm³/mol. The van der Waals surface area contributed by atoms with Crippen molar-refractivity contribution in [1.29, 1.82) is 0 Å². The number of alkyl halides is 2. The summed E-state index contributed by atoms with van der Waals surface area (Å²) >= 11 is 0. The first-order valence-electron chi connectivity index (χ1n) is 6.00. The Kier molecular flexibility index (Phi) is 5.95. The van der Waals surface area contributed by atoms with Crippen molar-refractivity contribution in [2.45, 2.75) is 18.9 Å². The summed E-state index contributed by atoms with van der Waals surface area (Å²) in [5, 5.41) is 10.9. The number of carbonyl (C=O) groups is 2. The maximum atomic E-state index is 13.9. The molecule has 0 spiro atoms. The summed E-state index contributed by atoms with van der Waals surface area (Å²) in [7, 11) is -2.10. The lowest BCUT2D eigenvalue weighted by Crippen LogP contribution is -2.44. The number of carbonyl (C=O) groups excluding carboxylic acids is 1. The molecule has 8 heteroatoms. The van der Waals surface area contributed by atoms with Gasteiger partial charge in [-0.2, -0.15) is 0 Å². The molecule has 0 bridgehead atoms. The van der Waals surface area contributed by atoms with Crippen molar-refractivity contribution in [2.75, 3.05) is 11.5 Å². The number of rotatable bonds is 7. The molecule has 1 aromatic carbocycles. The van der Waals surface area contributed by atoms with E-state index in [0.717, 1.165) is 6.92 Å². The van der Waals surface area contributed by atoms with E-state index in [1.807, 2.05) is 0 Å². The molecule has 1 aromatic rings. The van der Waals surface area contributed by atoms with Gasteiger partial charge in [-0.25, -0.2) is 13.6 Å². The molecule has 0 aliphatic rings. The average molecular weight is 319 g/mol. The third-order valence-electron chi connectivity index (χ3n) is 2.57. The van der Waals surface area contributed by atoms with Crippen LogP contribution >= 0.6 is 0 Å². The fraction of sp³-hybridized carbons (Fsp3) is 0.385.